The van der Waals surface area contributed by atoms with Crippen LogP contribution in [0.5, 0.6) is 0 Å². The van der Waals surface area contributed by atoms with Crippen molar-refractivity contribution in [3.05, 3.63) is 29.6 Å². The van der Waals surface area contributed by atoms with Crippen molar-refractivity contribution < 1.29 is 39.5 Å². The largest absolute Gasteiger partial charge is 1.00 e. The van der Waals surface area contributed by atoms with Crippen LogP contribution in [-0.2, 0) is 11.3 Å². The standard InChI is InChI=1S/C13H16N2O2.Na/c1-9-5-6-12-11(8-9)14-10(2)15(12)7-3-4-13(16)17;/h5-6,8H,3-4,7H2,1-2H3,(H,16,17);/q;+1/p-1. The van der Waals surface area contributed by atoms with E-state index >= 15 is 0 Å². The molecule has 2 aromatic rings. The number of hydrogen-bond donors (Lipinski definition) is 0. The Morgan fingerprint density at radius 2 is 2.11 bits per heavy atom. The topological polar surface area (TPSA) is 58.0 Å². The van der Waals surface area contributed by atoms with Crippen molar-refractivity contribution in [3.63, 3.8) is 0 Å². The van der Waals surface area contributed by atoms with Crippen molar-refractivity contribution in [3.8, 4) is 0 Å². The minimum absolute atomic E-state index is 0. The van der Waals surface area contributed by atoms with E-state index in [-0.39, 0.29) is 36.0 Å². The molecule has 2 rings (SSSR count). The molecule has 0 atom stereocenters. The van der Waals surface area contributed by atoms with E-state index in [0.29, 0.717) is 13.0 Å². The predicted octanol–water partition coefficient (Wildman–Crippen LogP) is -1.81. The van der Waals surface area contributed by atoms with Crippen LogP contribution in [0.1, 0.15) is 24.2 Å². The molecule has 0 radical (unpaired) electrons. The number of aryl methyl sites for hydroxylation is 3. The molecule has 0 fully saturated rings. The zero-order valence-corrected chi connectivity index (χ0v) is 13.1. The molecule has 0 aliphatic rings. The van der Waals surface area contributed by atoms with Crippen molar-refractivity contribution in [1.82, 2.24) is 9.55 Å². The third-order valence-electron chi connectivity index (χ3n) is 2.86. The van der Waals surface area contributed by atoms with Gasteiger partial charge >= 0.3 is 29.6 Å². The van der Waals surface area contributed by atoms with Gasteiger partial charge in [-0.15, -0.1) is 0 Å². The number of carboxylic acid groups (broad SMARTS) is 1. The van der Waals surface area contributed by atoms with Gasteiger partial charge in [0.25, 0.3) is 0 Å². The number of carbonyl (C=O) groups is 1. The van der Waals surface area contributed by atoms with Gasteiger partial charge in [0, 0.05) is 12.5 Å². The van der Waals surface area contributed by atoms with Gasteiger partial charge < -0.3 is 14.5 Å². The molecule has 1 heterocycles. The Bertz CT molecular complexity index is 563. The number of aliphatic carboxylic acids is 1. The van der Waals surface area contributed by atoms with E-state index in [1.165, 1.54) is 5.56 Å². The number of fused-ring (bicyclic) bond motifs is 1. The van der Waals surface area contributed by atoms with Crippen LogP contribution in [0.3, 0.4) is 0 Å². The van der Waals surface area contributed by atoms with Crippen LogP contribution in [0, 0.1) is 13.8 Å². The Labute approximate surface area is 128 Å². The number of rotatable bonds is 4. The average Bonchev–Trinajstić information content (AvgIpc) is 2.54. The summed E-state index contributed by atoms with van der Waals surface area (Å²) in [6.07, 6.45) is 0.660. The van der Waals surface area contributed by atoms with Gasteiger partial charge in [0.2, 0.25) is 0 Å². The van der Waals surface area contributed by atoms with Crippen LogP contribution in [-0.4, -0.2) is 15.5 Å². The molecule has 0 aliphatic heterocycles. The molecule has 0 amide bonds. The summed E-state index contributed by atoms with van der Waals surface area (Å²) in [5, 5.41) is 10.4. The number of carboxylic acids is 1. The molecule has 1 aromatic carbocycles. The van der Waals surface area contributed by atoms with Gasteiger partial charge in [-0.3, -0.25) is 0 Å². The Kier molecular flexibility index (Phi) is 5.38. The second-order valence-corrected chi connectivity index (χ2v) is 4.28. The van der Waals surface area contributed by atoms with Gasteiger partial charge in [0.1, 0.15) is 5.82 Å². The fourth-order valence-electron chi connectivity index (χ4n) is 2.02. The molecule has 0 bridgehead atoms. The fraction of sp³-hybridized carbons (Fsp3) is 0.385. The fourth-order valence-corrected chi connectivity index (χ4v) is 2.02. The molecule has 1 aromatic heterocycles. The molecule has 90 valence electrons. The van der Waals surface area contributed by atoms with Crippen LogP contribution in [0.25, 0.3) is 11.0 Å². The molecule has 0 N–H and O–H groups in total. The third-order valence-corrected chi connectivity index (χ3v) is 2.86. The maximum Gasteiger partial charge on any atom is 1.00 e. The zero-order chi connectivity index (χ0) is 12.4. The molecule has 5 heteroatoms. The first-order valence-electron chi connectivity index (χ1n) is 5.71. The van der Waals surface area contributed by atoms with Crippen molar-refractivity contribution >= 4 is 17.0 Å². The summed E-state index contributed by atoms with van der Waals surface area (Å²) in [6, 6.07) is 6.11. The van der Waals surface area contributed by atoms with Gasteiger partial charge in [-0.05, 0) is 44.4 Å². The van der Waals surface area contributed by atoms with Crippen molar-refractivity contribution in [1.29, 1.82) is 0 Å². The molecule has 18 heavy (non-hydrogen) atoms. The Hall–Kier alpha value is -0.840. The van der Waals surface area contributed by atoms with Gasteiger partial charge in [0.05, 0.1) is 11.0 Å². The van der Waals surface area contributed by atoms with E-state index in [1.54, 1.807) is 0 Å². The summed E-state index contributed by atoms with van der Waals surface area (Å²) in [4.78, 5) is 14.9. The first-order valence-corrected chi connectivity index (χ1v) is 5.71. The van der Waals surface area contributed by atoms with Crippen molar-refractivity contribution in [2.45, 2.75) is 33.2 Å². The molecule has 0 saturated carbocycles. The molecule has 0 spiro atoms. The van der Waals surface area contributed by atoms with Crippen LogP contribution in [0.15, 0.2) is 18.2 Å². The number of aromatic nitrogens is 2. The zero-order valence-electron chi connectivity index (χ0n) is 11.1. The van der Waals surface area contributed by atoms with Crippen LogP contribution >= 0.6 is 0 Å². The van der Waals surface area contributed by atoms with E-state index < -0.39 is 5.97 Å². The summed E-state index contributed by atoms with van der Waals surface area (Å²) >= 11 is 0. The van der Waals surface area contributed by atoms with Gasteiger partial charge in [-0.1, -0.05) is 6.07 Å². The number of nitrogens with zero attached hydrogens (tertiary/aromatic N) is 2. The molecule has 4 nitrogen and oxygen atoms in total. The summed E-state index contributed by atoms with van der Waals surface area (Å²) < 4.78 is 2.05. The summed E-state index contributed by atoms with van der Waals surface area (Å²) in [5.41, 5.74) is 3.21. The van der Waals surface area contributed by atoms with E-state index in [2.05, 4.69) is 9.55 Å². The predicted molar refractivity (Wildman–Crippen MR) is 63.4 cm³/mol. The van der Waals surface area contributed by atoms with Crippen molar-refractivity contribution in [2.24, 2.45) is 0 Å². The van der Waals surface area contributed by atoms with E-state index in [4.69, 9.17) is 0 Å². The van der Waals surface area contributed by atoms with E-state index in [9.17, 15) is 9.90 Å². The first-order chi connectivity index (χ1) is 8.08. The van der Waals surface area contributed by atoms with Gasteiger partial charge in [-0.25, -0.2) is 4.98 Å². The van der Waals surface area contributed by atoms with Crippen LogP contribution < -0.4 is 34.7 Å². The smallest absolute Gasteiger partial charge is 0.550 e. The molecule has 0 unspecified atom stereocenters. The van der Waals surface area contributed by atoms with Gasteiger partial charge in [0.15, 0.2) is 0 Å². The molecular weight excluding hydrogens is 239 g/mol. The monoisotopic (exact) mass is 254 g/mol. The molecule has 0 saturated heterocycles. The van der Waals surface area contributed by atoms with E-state index in [1.807, 2.05) is 32.0 Å². The van der Waals surface area contributed by atoms with Crippen molar-refractivity contribution in [2.75, 3.05) is 0 Å². The van der Waals surface area contributed by atoms with E-state index in [0.717, 1.165) is 16.9 Å². The van der Waals surface area contributed by atoms with Crippen LogP contribution in [0.4, 0.5) is 0 Å². The Balaban J connectivity index is 0.00000162. The average molecular weight is 254 g/mol. The maximum absolute atomic E-state index is 10.4. The minimum atomic E-state index is -0.997. The van der Waals surface area contributed by atoms with Gasteiger partial charge in [-0.2, -0.15) is 0 Å². The second kappa shape index (κ2) is 6.36. The molecular formula is C13H15N2NaO2. The summed E-state index contributed by atoms with van der Waals surface area (Å²) in [6.45, 7) is 4.64. The number of carbonyl (C=O) groups excluding carboxylic acids is 1. The normalized spacial score (nSPS) is 10.3. The number of imidazole rings is 1. The first kappa shape index (κ1) is 15.2. The quantitative estimate of drug-likeness (QED) is 0.604. The molecule has 0 aliphatic carbocycles. The van der Waals surface area contributed by atoms with Crippen LogP contribution in [0.2, 0.25) is 0 Å². The summed E-state index contributed by atoms with van der Waals surface area (Å²) in [5.74, 6) is -0.0770. The maximum atomic E-state index is 10.4. The second-order valence-electron chi connectivity index (χ2n) is 4.28. The third kappa shape index (κ3) is 3.34. The number of benzene rings is 1. The SMILES string of the molecule is Cc1ccc2c(c1)nc(C)n2CCCC(=O)[O-].[Na+]. The number of hydrogen-bond acceptors (Lipinski definition) is 3. The Morgan fingerprint density at radius 1 is 1.39 bits per heavy atom. The summed E-state index contributed by atoms with van der Waals surface area (Å²) in [7, 11) is 0. The Morgan fingerprint density at radius 3 is 2.78 bits per heavy atom. The minimum Gasteiger partial charge on any atom is -0.550 e.